The third kappa shape index (κ3) is 6.58. The van der Waals surface area contributed by atoms with Crippen molar-refractivity contribution in [1.29, 1.82) is 0 Å². The Morgan fingerprint density at radius 1 is 1.43 bits per heavy atom. The molecule has 8 heteroatoms. The van der Waals surface area contributed by atoms with Crippen LogP contribution in [0, 0.1) is 0 Å². The van der Waals surface area contributed by atoms with E-state index in [-0.39, 0.29) is 0 Å². The zero-order chi connectivity index (χ0) is 11.4. The summed E-state index contributed by atoms with van der Waals surface area (Å²) in [7, 11) is 1.13. The van der Waals surface area contributed by atoms with E-state index < -0.39 is 41.4 Å². The van der Waals surface area contributed by atoms with Gasteiger partial charge in [0.05, 0.1) is 5.75 Å². The number of carbonyl (C=O) groups excluding carboxylic acids is 1. The van der Waals surface area contributed by atoms with Gasteiger partial charge in [0.1, 0.15) is 6.54 Å². The van der Waals surface area contributed by atoms with Crippen LogP contribution in [0.5, 0.6) is 0 Å². The molecule has 0 saturated heterocycles. The number of aliphatic carboxylic acids is 1. The second-order valence-corrected chi connectivity index (χ2v) is 3.42. The summed E-state index contributed by atoms with van der Waals surface area (Å²) in [5.74, 6) is -2.93. The number of nitrogens with zero attached hydrogens (tertiary/aromatic N) is 1. The Labute approximate surface area is 82.1 Å². The van der Waals surface area contributed by atoms with E-state index in [4.69, 9.17) is 5.11 Å². The summed E-state index contributed by atoms with van der Waals surface area (Å²) >= 11 is -0.487. The quantitative estimate of drug-likeness (QED) is 0.776. The Morgan fingerprint density at radius 3 is 2.29 bits per heavy atom. The molecular weight excluding hydrogens is 223 g/mol. The van der Waals surface area contributed by atoms with E-state index in [9.17, 15) is 22.8 Å². The monoisotopic (exact) mass is 231 g/mol. The minimum atomic E-state index is -4.47. The van der Waals surface area contributed by atoms with Crippen molar-refractivity contribution in [1.82, 2.24) is 4.90 Å². The molecule has 0 unspecified atom stereocenters. The van der Waals surface area contributed by atoms with Gasteiger partial charge in [-0.05, 0) is 11.8 Å². The smallest absolute Gasteiger partial charge is 0.442 e. The Balaban J connectivity index is 3.91. The average molecular weight is 231 g/mol. The molecule has 1 amide bonds. The molecule has 0 fully saturated rings. The highest BCUT2D eigenvalue weighted by molar-refractivity contribution is 8.00. The number of thioether (sulfide) groups is 1. The molecular formula is C6H8F3NO3S. The lowest BCUT2D eigenvalue weighted by Gasteiger charge is -2.14. The number of carboxylic acids is 1. The van der Waals surface area contributed by atoms with E-state index in [1.165, 1.54) is 0 Å². The summed E-state index contributed by atoms with van der Waals surface area (Å²) in [5.41, 5.74) is -4.47. The van der Waals surface area contributed by atoms with Gasteiger partial charge in [0.15, 0.2) is 0 Å². The van der Waals surface area contributed by atoms with Gasteiger partial charge in [0.25, 0.3) is 0 Å². The largest absolute Gasteiger partial charge is 0.480 e. The normalized spacial score (nSPS) is 11.1. The number of rotatable bonds is 4. The van der Waals surface area contributed by atoms with Crippen LogP contribution in [0.25, 0.3) is 0 Å². The van der Waals surface area contributed by atoms with Crippen LogP contribution in [-0.2, 0) is 9.59 Å². The highest BCUT2D eigenvalue weighted by Crippen LogP contribution is 2.29. The van der Waals surface area contributed by atoms with E-state index >= 15 is 0 Å². The molecule has 0 aromatic heterocycles. The summed E-state index contributed by atoms with van der Waals surface area (Å²) in [5, 5.41) is 8.24. The van der Waals surface area contributed by atoms with Crippen LogP contribution in [0.4, 0.5) is 13.2 Å². The SMILES string of the molecule is CN(CC(=O)O)C(=O)CSC(F)(F)F. The van der Waals surface area contributed by atoms with E-state index in [0.29, 0.717) is 0 Å². The fourth-order valence-electron chi connectivity index (χ4n) is 0.545. The van der Waals surface area contributed by atoms with Gasteiger partial charge < -0.3 is 10.0 Å². The van der Waals surface area contributed by atoms with Gasteiger partial charge in [-0.15, -0.1) is 0 Å². The predicted octanol–water partition coefficient (Wildman–Crippen LogP) is 0.782. The van der Waals surface area contributed by atoms with Gasteiger partial charge in [-0.1, -0.05) is 0 Å². The molecule has 0 bridgehead atoms. The number of carboxylic acid groups (broad SMARTS) is 1. The maximum Gasteiger partial charge on any atom is 0.442 e. The van der Waals surface area contributed by atoms with Gasteiger partial charge in [-0.25, -0.2) is 0 Å². The lowest BCUT2D eigenvalue weighted by atomic mass is 10.5. The van der Waals surface area contributed by atoms with Crippen molar-refractivity contribution in [3.05, 3.63) is 0 Å². The molecule has 0 atom stereocenters. The third-order valence-corrected chi connectivity index (χ3v) is 1.88. The van der Waals surface area contributed by atoms with Gasteiger partial charge in [0, 0.05) is 7.05 Å². The Morgan fingerprint density at radius 2 is 1.93 bits per heavy atom. The van der Waals surface area contributed by atoms with E-state index in [1.54, 1.807) is 0 Å². The molecule has 14 heavy (non-hydrogen) atoms. The molecule has 0 heterocycles. The number of amides is 1. The molecule has 0 radical (unpaired) electrons. The van der Waals surface area contributed by atoms with Gasteiger partial charge >= 0.3 is 11.5 Å². The van der Waals surface area contributed by atoms with E-state index in [0.717, 1.165) is 11.9 Å². The van der Waals surface area contributed by atoms with Crippen molar-refractivity contribution in [2.24, 2.45) is 0 Å². The first-order valence-corrected chi connectivity index (χ1v) is 4.37. The first kappa shape index (κ1) is 13.1. The number of likely N-dealkylation sites (N-methyl/N-ethyl adjacent to an activating group) is 1. The maximum absolute atomic E-state index is 11.6. The first-order valence-electron chi connectivity index (χ1n) is 3.39. The molecule has 1 N–H and O–H groups in total. The molecule has 0 rings (SSSR count). The summed E-state index contributed by atoms with van der Waals surface area (Å²) in [6, 6.07) is 0. The maximum atomic E-state index is 11.6. The zero-order valence-corrected chi connectivity index (χ0v) is 7.98. The summed E-state index contributed by atoms with van der Waals surface area (Å²) < 4.78 is 34.9. The van der Waals surface area contributed by atoms with Crippen LogP contribution in [-0.4, -0.2) is 46.7 Å². The van der Waals surface area contributed by atoms with Crippen LogP contribution in [0.1, 0.15) is 0 Å². The average Bonchev–Trinajstić information content (AvgIpc) is 1.97. The Kier molecular flexibility index (Phi) is 4.75. The van der Waals surface area contributed by atoms with Crippen LogP contribution < -0.4 is 0 Å². The highest BCUT2D eigenvalue weighted by Gasteiger charge is 2.30. The summed E-state index contributed by atoms with van der Waals surface area (Å²) in [6.07, 6.45) is 0. The summed E-state index contributed by atoms with van der Waals surface area (Å²) in [6.45, 7) is -0.600. The van der Waals surface area contributed by atoms with Crippen molar-refractivity contribution < 1.29 is 27.9 Å². The predicted molar refractivity (Wildman–Crippen MR) is 43.8 cm³/mol. The van der Waals surface area contributed by atoms with Crippen LogP contribution in [0.3, 0.4) is 0 Å². The fraction of sp³-hybridized carbons (Fsp3) is 0.667. The minimum absolute atomic E-state index is 0.487. The van der Waals surface area contributed by atoms with Crippen molar-refractivity contribution in [2.75, 3.05) is 19.3 Å². The number of carbonyl (C=O) groups is 2. The van der Waals surface area contributed by atoms with Crippen LogP contribution in [0.15, 0.2) is 0 Å². The number of hydrogen-bond acceptors (Lipinski definition) is 3. The number of halogens is 3. The summed E-state index contributed by atoms with van der Waals surface area (Å²) in [4.78, 5) is 21.7. The topological polar surface area (TPSA) is 57.6 Å². The second-order valence-electron chi connectivity index (χ2n) is 2.38. The lowest BCUT2D eigenvalue weighted by molar-refractivity contribution is -0.142. The molecule has 0 spiro atoms. The van der Waals surface area contributed by atoms with E-state index in [1.807, 2.05) is 0 Å². The van der Waals surface area contributed by atoms with Crippen molar-refractivity contribution in [3.63, 3.8) is 0 Å². The fourth-order valence-corrected chi connectivity index (χ4v) is 1.05. The van der Waals surface area contributed by atoms with Crippen molar-refractivity contribution in [3.8, 4) is 0 Å². The van der Waals surface area contributed by atoms with Crippen molar-refractivity contribution >= 4 is 23.6 Å². The second kappa shape index (κ2) is 5.08. The van der Waals surface area contributed by atoms with Crippen LogP contribution >= 0.6 is 11.8 Å². The lowest BCUT2D eigenvalue weighted by Crippen LogP contribution is -2.33. The molecule has 4 nitrogen and oxygen atoms in total. The van der Waals surface area contributed by atoms with Crippen molar-refractivity contribution in [2.45, 2.75) is 5.51 Å². The highest BCUT2D eigenvalue weighted by atomic mass is 32.2. The van der Waals surface area contributed by atoms with Gasteiger partial charge in [-0.3, -0.25) is 9.59 Å². The zero-order valence-electron chi connectivity index (χ0n) is 7.17. The third-order valence-electron chi connectivity index (χ3n) is 1.16. The molecule has 0 aromatic rings. The van der Waals surface area contributed by atoms with Gasteiger partial charge in [-0.2, -0.15) is 13.2 Å². The Bertz CT molecular complexity index is 231. The van der Waals surface area contributed by atoms with Crippen LogP contribution in [0.2, 0.25) is 0 Å². The standard InChI is InChI=1S/C6H8F3NO3S/c1-10(2-5(12)13)4(11)3-14-6(7,8)9/h2-3H2,1H3,(H,12,13). The van der Waals surface area contributed by atoms with Gasteiger partial charge in [0.2, 0.25) is 5.91 Å². The molecule has 0 aliphatic rings. The minimum Gasteiger partial charge on any atom is -0.480 e. The molecule has 0 aliphatic heterocycles. The molecule has 0 aromatic carbocycles. The Hall–Kier alpha value is -0.920. The first-order chi connectivity index (χ1) is 6.22. The number of hydrogen-bond donors (Lipinski definition) is 1. The molecule has 82 valence electrons. The van der Waals surface area contributed by atoms with E-state index in [2.05, 4.69) is 0 Å². The number of alkyl halides is 3. The molecule has 0 aliphatic carbocycles. The molecule has 0 saturated carbocycles.